The molecule has 2 aromatic rings. The van der Waals surface area contributed by atoms with Gasteiger partial charge in [-0.15, -0.1) is 0 Å². The van der Waals surface area contributed by atoms with Gasteiger partial charge in [-0.1, -0.05) is 26.0 Å². The third-order valence-corrected chi connectivity index (χ3v) is 4.85. The molecule has 1 saturated heterocycles. The number of piperidine rings is 1. The third-order valence-electron chi connectivity index (χ3n) is 4.85. The van der Waals surface area contributed by atoms with Crippen molar-refractivity contribution in [1.29, 1.82) is 0 Å². The van der Waals surface area contributed by atoms with Crippen LogP contribution in [0.4, 0.5) is 0 Å². The average Bonchev–Trinajstić information content (AvgIpc) is 2.61. The summed E-state index contributed by atoms with van der Waals surface area (Å²) in [5.41, 5.74) is 0.557. The number of para-hydroxylation sites is 1. The van der Waals surface area contributed by atoms with E-state index in [0.717, 1.165) is 26.1 Å². The van der Waals surface area contributed by atoms with Gasteiger partial charge in [0.15, 0.2) is 0 Å². The largest absolute Gasteiger partial charge is 0.341 e. The molecule has 1 fully saturated rings. The number of aromatic nitrogens is 2. The van der Waals surface area contributed by atoms with E-state index in [-0.39, 0.29) is 11.5 Å². The van der Waals surface area contributed by atoms with Gasteiger partial charge in [0.2, 0.25) is 5.91 Å². The van der Waals surface area contributed by atoms with Crippen LogP contribution in [-0.4, -0.2) is 51.9 Å². The zero-order valence-corrected chi connectivity index (χ0v) is 15.0. The van der Waals surface area contributed by atoms with E-state index in [1.54, 1.807) is 6.07 Å². The van der Waals surface area contributed by atoms with Crippen molar-refractivity contribution in [2.75, 3.05) is 26.2 Å². The van der Waals surface area contributed by atoms with Crippen LogP contribution in [0.3, 0.4) is 0 Å². The van der Waals surface area contributed by atoms with E-state index >= 15 is 0 Å². The number of likely N-dealkylation sites (N-methyl/N-ethyl adjacent to an activating group) is 1. The van der Waals surface area contributed by atoms with Gasteiger partial charge in [-0.05, 0) is 37.4 Å². The van der Waals surface area contributed by atoms with Crippen molar-refractivity contribution >= 4 is 16.8 Å². The minimum absolute atomic E-state index is 0.132. The molecule has 0 spiro atoms. The van der Waals surface area contributed by atoms with Crippen LogP contribution in [0.2, 0.25) is 0 Å². The highest BCUT2D eigenvalue weighted by Gasteiger charge is 2.22. The number of amides is 1. The summed E-state index contributed by atoms with van der Waals surface area (Å²) < 4.78 is 0. The molecule has 134 valence electrons. The minimum atomic E-state index is -0.132. The Hall–Kier alpha value is -2.21. The van der Waals surface area contributed by atoms with E-state index in [1.807, 2.05) is 34.9 Å². The van der Waals surface area contributed by atoms with Gasteiger partial charge >= 0.3 is 0 Å². The van der Waals surface area contributed by atoms with Gasteiger partial charge in [0.25, 0.3) is 5.56 Å². The average molecular weight is 342 g/mol. The Bertz CT molecular complexity index is 801. The molecule has 3 rings (SSSR count). The summed E-state index contributed by atoms with van der Waals surface area (Å²) in [4.78, 5) is 36.1. The monoisotopic (exact) mass is 342 g/mol. The number of likely N-dealkylation sites (tertiary alicyclic amines) is 1. The number of rotatable bonds is 5. The van der Waals surface area contributed by atoms with Crippen LogP contribution in [0.1, 0.15) is 32.5 Å². The summed E-state index contributed by atoms with van der Waals surface area (Å²) in [7, 11) is 0. The maximum absolute atomic E-state index is 12.6. The molecule has 1 amide bonds. The molecule has 0 bridgehead atoms. The van der Waals surface area contributed by atoms with Gasteiger partial charge in [0.1, 0.15) is 5.82 Å². The van der Waals surface area contributed by atoms with Crippen LogP contribution >= 0.6 is 0 Å². The second-order valence-electron chi connectivity index (χ2n) is 6.92. The highest BCUT2D eigenvalue weighted by molar-refractivity contribution is 5.78. The Labute approximate surface area is 147 Å². The molecule has 6 nitrogen and oxygen atoms in total. The maximum atomic E-state index is 12.6. The van der Waals surface area contributed by atoms with Crippen LogP contribution in [0.25, 0.3) is 10.9 Å². The molecule has 1 unspecified atom stereocenters. The van der Waals surface area contributed by atoms with Gasteiger partial charge in [-0.3, -0.25) is 14.5 Å². The second-order valence-corrected chi connectivity index (χ2v) is 6.92. The molecule has 1 aromatic heterocycles. The van der Waals surface area contributed by atoms with Crippen molar-refractivity contribution in [3.8, 4) is 0 Å². The first-order valence-corrected chi connectivity index (χ1v) is 9.05. The van der Waals surface area contributed by atoms with Crippen LogP contribution in [0.5, 0.6) is 0 Å². The first kappa shape index (κ1) is 17.6. The van der Waals surface area contributed by atoms with E-state index in [9.17, 15) is 9.59 Å². The van der Waals surface area contributed by atoms with Crippen molar-refractivity contribution in [2.45, 2.75) is 33.2 Å². The van der Waals surface area contributed by atoms with E-state index in [1.165, 1.54) is 6.42 Å². The summed E-state index contributed by atoms with van der Waals surface area (Å²) >= 11 is 0. The van der Waals surface area contributed by atoms with Crippen molar-refractivity contribution in [1.82, 2.24) is 19.8 Å². The molecule has 2 heterocycles. The molecule has 1 aliphatic heterocycles. The quantitative estimate of drug-likeness (QED) is 0.902. The number of hydrogen-bond donors (Lipinski definition) is 1. The molecule has 1 aliphatic rings. The number of hydrogen-bond acceptors (Lipinski definition) is 4. The molecule has 0 aliphatic carbocycles. The van der Waals surface area contributed by atoms with E-state index < -0.39 is 0 Å². The summed E-state index contributed by atoms with van der Waals surface area (Å²) in [6.45, 7) is 7.47. The highest BCUT2D eigenvalue weighted by Crippen LogP contribution is 2.16. The third kappa shape index (κ3) is 4.25. The molecule has 6 heteroatoms. The fourth-order valence-corrected chi connectivity index (χ4v) is 3.41. The number of fused-ring (bicyclic) bond motifs is 1. The SMILES string of the molecule is CCN(CC(=O)N1CCCC(C)C1)Cc1nc2ccccc2c(=O)[nH]1. The van der Waals surface area contributed by atoms with Crippen LogP contribution in [0.15, 0.2) is 29.1 Å². The number of benzene rings is 1. The zero-order valence-electron chi connectivity index (χ0n) is 15.0. The number of nitrogens with zero attached hydrogens (tertiary/aromatic N) is 3. The van der Waals surface area contributed by atoms with Crippen molar-refractivity contribution in [2.24, 2.45) is 5.92 Å². The number of H-pyrrole nitrogens is 1. The lowest BCUT2D eigenvalue weighted by Crippen LogP contribution is -2.44. The summed E-state index contributed by atoms with van der Waals surface area (Å²) in [6.07, 6.45) is 2.28. The Morgan fingerprint density at radius 2 is 2.20 bits per heavy atom. The summed E-state index contributed by atoms with van der Waals surface area (Å²) in [5.74, 6) is 1.34. The van der Waals surface area contributed by atoms with Crippen molar-refractivity contribution in [3.63, 3.8) is 0 Å². The molecule has 1 N–H and O–H groups in total. The Morgan fingerprint density at radius 3 is 2.96 bits per heavy atom. The minimum Gasteiger partial charge on any atom is -0.341 e. The first-order chi connectivity index (χ1) is 12.1. The molecular weight excluding hydrogens is 316 g/mol. The Morgan fingerprint density at radius 1 is 1.40 bits per heavy atom. The predicted octanol–water partition coefficient (Wildman–Crippen LogP) is 2.00. The number of carbonyl (C=O) groups excluding carboxylic acids is 1. The standard InChI is InChI=1S/C19H26N4O2/c1-3-22(13-18(24)23-10-6-7-14(2)11-23)12-17-20-16-9-5-4-8-15(16)19(25)21-17/h4-5,8-9,14H,3,6-7,10-13H2,1-2H3,(H,20,21,25). The number of carbonyl (C=O) groups is 1. The van der Waals surface area contributed by atoms with Crippen LogP contribution in [0, 0.1) is 5.92 Å². The highest BCUT2D eigenvalue weighted by atomic mass is 16.2. The van der Waals surface area contributed by atoms with E-state index in [4.69, 9.17) is 0 Å². The zero-order chi connectivity index (χ0) is 17.8. The number of nitrogens with one attached hydrogen (secondary N) is 1. The van der Waals surface area contributed by atoms with Crippen molar-refractivity contribution in [3.05, 3.63) is 40.4 Å². The van der Waals surface area contributed by atoms with Gasteiger partial charge in [0.05, 0.1) is 24.0 Å². The second kappa shape index (κ2) is 7.78. The maximum Gasteiger partial charge on any atom is 0.258 e. The van der Waals surface area contributed by atoms with E-state index in [0.29, 0.717) is 35.7 Å². The predicted molar refractivity (Wildman–Crippen MR) is 98.3 cm³/mol. The smallest absolute Gasteiger partial charge is 0.258 e. The summed E-state index contributed by atoms with van der Waals surface area (Å²) in [6, 6.07) is 7.31. The van der Waals surface area contributed by atoms with E-state index in [2.05, 4.69) is 16.9 Å². The normalized spacial score (nSPS) is 18.0. The van der Waals surface area contributed by atoms with Crippen LogP contribution < -0.4 is 5.56 Å². The molecular formula is C19H26N4O2. The lowest BCUT2D eigenvalue weighted by Gasteiger charge is -2.32. The Kier molecular flexibility index (Phi) is 5.48. The van der Waals surface area contributed by atoms with Crippen molar-refractivity contribution < 1.29 is 4.79 Å². The fourth-order valence-electron chi connectivity index (χ4n) is 3.41. The molecule has 1 aromatic carbocycles. The fraction of sp³-hybridized carbons (Fsp3) is 0.526. The van der Waals surface area contributed by atoms with Gasteiger partial charge in [-0.25, -0.2) is 4.98 Å². The van der Waals surface area contributed by atoms with Gasteiger partial charge in [-0.2, -0.15) is 0 Å². The first-order valence-electron chi connectivity index (χ1n) is 9.05. The molecule has 1 atom stereocenters. The lowest BCUT2D eigenvalue weighted by atomic mass is 10.0. The number of aromatic amines is 1. The van der Waals surface area contributed by atoms with Gasteiger partial charge in [0, 0.05) is 13.1 Å². The molecule has 0 radical (unpaired) electrons. The Balaban J connectivity index is 1.69. The lowest BCUT2D eigenvalue weighted by molar-refractivity contribution is -0.134. The van der Waals surface area contributed by atoms with Gasteiger partial charge < -0.3 is 9.88 Å². The molecule has 0 saturated carbocycles. The topological polar surface area (TPSA) is 69.3 Å². The van der Waals surface area contributed by atoms with Crippen LogP contribution in [-0.2, 0) is 11.3 Å². The molecule has 25 heavy (non-hydrogen) atoms. The summed E-state index contributed by atoms with van der Waals surface area (Å²) in [5, 5.41) is 0.590.